The number of carbonyl (C=O) groups is 1. The van der Waals surface area contributed by atoms with Gasteiger partial charge in [-0.25, -0.2) is 14.3 Å². The summed E-state index contributed by atoms with van der Waals surface area (Å²) < 4.78 is 3.24. The first-order chi connectivity index (χ1) is 15.5. The topological polar surface area (TPSA) is 77.1 Å². The van der Waals surface area contributed by atoms with Crippen LogP contribution in [0, 0.1) is 11.8 Å². The summed E-state index contributed by atoms with van der Waals surface area (Å²) in [4.78, 5) is 24.5. The predicted octanol–water partition coefficient (Wildman–Crippen LogP) is 4.60. The molecule has 0 bridgehead atoms. The Bertz CT molecular complexity index is 1180. The van der Waals surface area contributed by atoms with Crippen LogP contribution in [0.3, 0.4) is 0 Å². The number of carboxylic acid groups (broad SMARTS) is 1. The Hall–Kier alpha value is -3.59. The zero-order valence-corrected chi connectivity index (χ0v) is 18.7. The van der Waals surface area contributed by atoms with E-state index in [4.69, 9.17) is 0 Å². The van der Waals surface area contributed by atoms with E-state index in [1.807, 2.05) is 30.3 Å². The summed E-state index contributed by atoms with van der Waals surface area (Å²) >= 11 is 0. The third-order valence-corrected chi connectivity index (χ3v) is 5.41. The highest BCUT2D eigenvalue weighted by Gasteiger charge is 2.14. The molecular weight excluding hydrogens is 402 g/mol. The van der Waals surface area contributed by atoms with E-state index >= 15 is 0 Å². The average Bonchev–Trinajstić information content (AvgIpc) is 3.10. The Balaban J connectivity index is 1.84. The molecule has 0 atom stereocenters. The van der Waals surface area contributed by atoms with Crippen LogP contribution in [0.2, 0.25) is 0 Å². The van der Waals surface area contributed by atoms with Gasteiger partial charge in [0, 0.05) is 6.54 Å². The van der Waals surface area contributed by atoms with Crippen molar-refractivity contribution in [1.82, 2.24) is 14.3 Å². The molecule has 6 nitrogen and oxygen atoms in total. The maximum absolute atomic E-state index is 13.0. The van der Waals surface area contributed by atoms with Crippen LogP contribution in [0.1, 0.15) is 61.3 Å². The maximum Gasteiger partial charge on any atom is 0.346 e. The van der Waals surface area contributed by atoms with Gasteiger partial charge in [0.05, 0.1) is 18.5 Å². The number of rotatable bonds is 10. The number of unbranched alkanes of at least 4 members (excludes halogenated alkanes) is 3. The van der Waals surface area contributed by atoms with E-state index < -0.39 is 5.97 Å². The highest BCUT2D eigenvalue weighted by Crippen LogP contribution is 2.24. The summed E-state index contributed by atoms with van der Waals surface area (Å²) in [5.41, 5.74) is 2.58. The standard InChI is InChI=1S/C26H29N3O3/c1-3-5-7-10-18-29-26(32)28(24(27-29)13-6-4-2)19-20-14-16-21(17-15-20)22-11-8-9-12-23(22)25(30)31/h8-9,11-12,14-17H,3,5,7,10,13,18-19H2,1-2H3,(H,30,31). The van der Waals surface area contributed by atoms with Gasteiger partial charge in [0.1, 0.15) is 5.82 Å². The lowest BCUT2D eigenvalue weighted by Crippen LogP contribution is -2.26. The van der Waals surface area contributed by atoms with Crippen LogP contribution < -0.4 is 5.69 Å². The molecule has 1 N–H and O–H groups in total. The monoisotopic (exact) mass is 431 g/mol. The Kier molecular flexibility index (Phi) is 8.04. The van der Waals surface area contributed by atoms with Gasteiger partial charge < -0.3 is 5.11 Å². The van der Waals surface area contributed by atoms with Crippen molar-refractivity contribution in [1.29, 1.82) is 0 Å². The summed E-state index contributed by atoms with van der Waals surface area (Å²) in [6, 6.07) is 14.6. The second kappa shape index (κ2) is 11.1. The van der Waals surface area contributed by atoms with E-state index in [1.165, 1.54) is 0 Å². The van der Waals surface area contributed by atoms with Gasteiger partial charge in [-0.1, -0.05) is 74.6 Å². The molecule has 1 heterocycles. The molecule has 0 fully saturated rings. The zero-order chi connectivity index (χ0) is 22.9. The van der Waals surface area contributed by atoms with Crippen LogP contribution in [-0.4, -0.2) is 25.4 Å². The molecule has 0 aliphatic rings. The lowest BCUT2D eigenvalue weighted by Gasteiger charge is -2.08. The average molecular weight is 432 g/mol. The molecule has 0 unspecified atom stereocenters. The Morgan fingerprint density at radius 1 is 1.06 bits per heavy atom. The SMILES string of the molecule is CC#CCc1nn(CCCCCC)c(=O)n1Cc1ccc(-c2ccccc2C(=O)O)cc1. The second-order valence-electron chi connectivity index (χ2n) is 7.72. The summed E-state index contributed by atoms with van der Waals surface area (Å²) in [6.45, 7) is 4.95. The third kappa shape index (κ3) is 5.55. The first-order valence-corrected chi connectivity index (χ1v) is 11.0. The maximum atomic E-state index is 13.0. The lowest BCUT2D eigenvalue weighted by molar-refractivity contribution is 0.0697. The first kappa shape index (κ1) is 23.1. The number of hydrogen-bond acceptors (Lipinski definition) is 3. The minimum absolute atomic E-state index is 0.116. The van der Waals surface area contributed by atoms with Gasteiger partial charge in [0.25, 0.3) is 0 Å². The van der Waals surface area contributed by atoms with Gasteiger partial charge >= 0.3 is 11.7 Å². The minimum atomic E-state index is -0.954. The van der Waals surface area contributed by atoms with E-state index in [0.29, 0.717) is 30.9 Å². The van der Waals surface area contributed by atoms with Gasteiger partial charge in [-0.15, -0.1) is 5.92 Å². The predicted molar refractivity (Wildman–Crippen MR) is 126 cm³/mol. The van der Waals surface area contributed by atoms with E-state index in [2.05, 4.69) is 23.9 Å². The zero-order valence-electron chi connectivity index (χ0n) is 18.7. The van der Waals surface area contributed by atoms with Gasteiger partial charge in [-0.3, -0.25) is 4.57 Å². The summed E-state index contributed by atoms with van der Waals surface area (Å²) in [5.74, 6) is 5.60. The fraction of sp³-hybridized carbons (Fsp3) is 0.346. The van der Waals surface area contributed by atoms with Crippen LogP contribution in [0.5, 0.6) is 0 Å². The van der Waals surface area contributed by atoms with Crippen molar-refractivity contribution in [3.63, 3.8) is 0 Å². The highest BCUT2D eigenvalue weighted by molar-refractivity contribution is 5.95. The Morgan fingerprint density at radius 2 is 1.81 bits per heavy atom. The Morgan fingerprint density at radius 3 is 2.50 bits per heavy atom. The van der Waals surface area contributed by atoms with Crippen molar-refractivity contribution in [2.45, 2.75) is 59.0 Å². The van der Waals surface area contributed by atoms with Crippen molar-refractivity contribution < 1.29 is 9.90 Å². The van der Waals surface area contributed by atoms with Crippen LogP contribution in [0.15, 0.2) is 53.3 Å². The number of aryl methyl sites for hydroxylation is 1. The van der Waals surface area contributed by atoms with Crippen molar-refractivity contribution in [2.24, 2.45) is 0 Å². The van der Waals surface area contributed by atoms with E-state index in [-0.39, 0.29) is 11.3 Å². The van der Waals surface area contributed by atoms with E-state index in [9.17, 15) is 14.7 Å². The van der Waals surface area contributed by atoms with Gasteiger partial charge in [0.15, 0.2) is 0 Å². The highest BCUT2D eigenvalue weighted by atomic mass is 16.4. The molecule has 1 aromatic heterocycles. The number of carboxylic acids is 1. The molecule has 6 heteroatoms. The van der Waals surface area contributed by atoms with E-state index in [1.54, 1.807) is 34.4 Å². The van der Waals surface area contributed by atoms with Crippen LogP contribution >= 0.6 is 0 Å². The molecule has 3 rings (SSSR count). The van der Waals surface area contributed by atoms with Gasteiger partial charge in [-0.2, -0.15) is 5.10 Å². The third-order valence-electron chi connectivity index (χ3n) is 5.41. The quantitative estimate of drug-likeness (QED) is 0.376. The molecule has 0 radical (unpaired) electrons. The molecule has 166 valence electrons. The second-order valence-corrected chi connectivity index (χ2v) is 7.72. The number of benzene rings is 2. The molecule has 3 aromatic rings. The molecule has 0 spiro atoms. The molecule has 0 amide bonds. The number of aromatic nitrogens is 3. The van der Waals surface area contributed by atoms with Crippen molar-refractivity contribution >= 4 is 5.97 Å². The normalized spacial score (nSPS) is 10.6. The molecule has 0 aliphatic carbocycles. The smallest absolute Gasteiger partial charge is 0.346 e. The molecule has 0 aliphatic heterocycles. The van der Waals surface area contributed by atoms with Crippen LogP contribution in [0.4, 0.5) is 0 Å². The summed E-state index contributed by atoms with van der Waals surface area (Å²) in [6.07, 6.45) is 4.74. The van der Waals surface area contributed by atoms with Crippen molar-refractivity contribution in [3.05, 3.63) is 76.0 Å². The molecule has 0 saturated heterocycles. The van der Waals surface area contributed by atoms with Crippen LogP contribution in [-0.2, 0) is 19.5 Å². The molecule has 0 saturated carbocycles. The van der Waals surface area contributed by atoms with Gasteiger partial charge in [0.2, 0.25) is 0 Å². The van der Waals surface area contributed by atoms with Crippen molar-refractivity contribution in [2.75, 3.05) is 0 Å². The summed E-state index contributed by atoms with van der Waals surface area (Å²) in [5, 5.41) is 14.0. The van der Waals surface area contributed by atoms with E-state index in [0.717, 1.165) is 36.8 Å². The van der Waals surface area contributed by atoms with Crippen LogP contribution in [0.25, 0.3) is 11.1 Å². The fourth-order valence-electron chi connectivity index (χ4n) is 3.67. The number of aromatic carboxylic acids is 1. The molecule has 32 heavy (non-hydrogen) atoms. The minimum Gasteiger partial charge on any atom is -0.478 e. The number of hydrogen-bond donors (Lipinski definition) is 1. The first-order valence-electron chi connectivity index (χ1n) is 11.0. The number of nitrogens with zero attached hydrogens (tertiary/aromatic N) is 3. The lowest BCUT2D eigenvalue weighted by atomic mass is 9.99. The largest absolute Gasteiger partial charge is 0.478 e. The summed E-state index contributed by atoms with van der Waals surface area (Å²) in [7, 11) is 0. The fourth-order valence-corrected chi connectivity index (χ4v) is 3.67. The molecule has 2 aromatic carbocycles. The Labute approximate surface area is 188 Å². The molecular formula is C26H29N3O3. The van der Waals surface area contributed by atoms with Gasteiger partial charge in [-0.05, 0) is 36.1 Å². The van der Waals surface area contributed by atoms with Crippen molar-refractivity contribution in [3.8, 4) is 23.0 Å².